The second-order valence-electron chi connectivity index (χ2n) is 2.61. The summed E-state index contributed by atoms with van der Waals surface area (Å²) in [6.45, 7) is 0. The van der Waals surface area contributed by atoms with E-state index in [1.165, 1.54) is 0 Å². The summed E-state index contributed by atoms with van der Waals surface area (Å²) in [5.74, 6) is 0.150. The highest BCUT2D eigenvalue weighted by molar-refractivity contribution is 5.68. The van der Waals surface area contributed by atoms with Gasteiger partial charge in [0.2, 0.25) is 0 Å². The zero-order valence-electron chi connectivity index (χ0n) is 6.70. The van der Waals surface area contributed by atoms with Gasteiger partial charge in [0.25, 0.3) is 0 Å². The van der Waals surface area contributed by atoms with E-state index in [9.17, 15) is 5.11 Å². The van der Waals surface area contributed by atoms with E-state index < -0.39 is 0 Å². The number of anilines is 2. The predicted octanol–water partition coefficient (Wildman–Crippen LogP) is 1.04. The van der Waals surface area contributed by atoms with Crippen molar-refractivity contribution in [3.63, 3.8) is 0 Å². The van der Waals surface area contributed by atoms with Crippen LogP contribution in [0, 0.1) is 0 Å². The number of nitrogens with two attached hydrogens (primary N) is 1. The molecule has 0 saturated carbocycles. The van der Waals surface area contributed by atoms with Crippen LogP contribution < -0.4 is 10.6 Å². The van der Waals surface area contributed by atoms with Crippen molar-refractivity contribution in [1.82, 2.24) is 0 Å². The van der Waals surface area contributed by atoms with Crippen LogP contribution in [0.3, 0.4) is 0 Å². The number of hydrogen-bond acceptors (Lipinski definition) is 3. The molecule has 0 unspecified atom stereocenters. The van der Waals surface area contributed by atoms with Crippen LogP contribution >= 0.6 is 0 Å². The minimum Gasteiger partial charge on any atom is -0.504 e. The number of rotatable bonds is 1. The Balaban J connectivity index is 3.17. The van der Waals surface area contributed by atoms with E-state index in [-0.39, 0.29) is 5.75 Å². The Hall–Kier alpha value is -1.38. The van der Waals surface area contributed by atoms with Crippen LogP contribution in [0.2, 0.25) is 0 Å². The standard InChI is InChI=1S/C8H12N2O/c1-10(2)7-5-3-4-6(9)8(7)11/h3-5,11H,9H2,1-2H3. The molecule has 0 radical (unpaired) electrons. The molecule has 0 aromatic heterocycles. The van der Waals surface area contributed by atoms with Crippen LogP contribution in [-0.2, 0) is 0 Å². The Kier molecular flexibility index (Phi) is 1.89. The fourth-order valence-electron chi connectivity index (χ4n) is 0.910. The van der Waals surface area contributed by atoms with Gasteiger partial charge in [0.1, 0.15) is 0 Å². The predicted molar refractivity (Wildman–Crippen MR) is 46.8 cm³/mol. The first-order valence-corrected chi connectivity index (χ1v) is 3.37. The summed E-state index contributed by atoms with van der Waals surface area (Å²) in [5, 5.41) is 9.40. The Bertz CT molecular complexity index is 258. The highest BCUT2D eigenvalue weighted by Crippen LogP contribution is 2.30. The molecule has 3 heteroatoms. The SMILES string of the molecule is CN(C)c1cccc(N)c1O. The lowest BCUT2D eigenvalue weighted by atomic mass is 10.2. The maximum Gasteiger partial charge on any atom is 0.162 e. The molecule has 60 valence electrons. The van der Waals surface area contributed by atoms with E-state index >= 15 is 0 Å². The number of phenolic OH excluding ortho intramolecular Hbond substituents is 1. The van der Waals surface area contributed by atoms with Crippen LogP contribution in [0.15, 0.2) is 18.2 Å². The van der Waals surface area contributed by atoms with Crippen LogP contribution in [-0.4, -0.2) is 19.2 Å². The van der Waals surface area contributed by atoms with Crippen LogP contribution in [0.5, 0.6) is 5.75 Å². The summed E-state index contributed by atoms with van der Waals surface area (Å²) in [6.07, 6.45) is 0. The Morgan fingerprint density at radius 1 is 1.36 bits per heavy atom. The third kappa shape index (κ3) is 1.37. The Morgan fingerprint density at radius 2 is 2.00 bits per heavy atom. The number of aromatic hydroxyl groups is 1. The van der Waals surface area contributed by atoms with Gasteiger partial charge in [-0.15, -0.1) is 0 Å². The fourth-order valence-corrected chi connectivity index (χ4v) is 0.910. The average Bonchev–Trinajstić information content (AvgIpc) is 1.94. The summed E-state index contributed by atoms with van der Waals surface area (Å²) in [6, 6.07) is 5.29. The molecular formula is C8H12N2O. The lowest BCUT2D eigenvalue weighted by molar-refractivity contribution is 0.478. The molecule has 1 aromatic rings. The maximum absolute atomic E-state index is 9.40. The molecule has 0 saturated heterocycles. The summed E-state index contributed by atoms with van der Waals surface area (Å²) >= 11 is 0. The van der Waals surface area contributed by atoms with Crippen LogP contribution in [0.4, 0.5) is 11.4 Å². The molecular weight excluding hydrogens is 140 g/mol. The van der Waals surface area contributed by atoms with E-state index in [4.69, 9.17) is 5.73 Å². The van der Waals surface area contributed by atoms with Gasteiger partial charge in [-0.3, -0.25) is 0 Å². The number of para-hydroxylation sites is 1. The molecule has 0 bridgehead atoms. The minimum absolute atomic E-state index is 0.150. The van der Waals surface area contributed by atoms with Crippen molar-refractivity contribution in [2.24, 2.45) is 0 Å². The van der Waals surface area contributed by atoms with Crippen molar-refractivity contribution < 1.29 is 5.11 Å². The highest BCUT2D eigenvalue weighted by atomic mass is 16.3. The molecule has 1 rings (SSSR count). The number of benzene rings is 1. The third-order valence-electron chi connectivity index (χ3n) is 1.53. The first kappa shape index (κ1) is 7.72. The first-order chi connectivity index (χ1) is 5.13. The van der Waals surface area contributed by atoms with Gasteiger partial charge >= 0.3 is 0 Å². The van der Waals surface area contributed by atoms with Crippen molar-refractivity contribution in [3.8, 4) is 5.75 Å². The van der Waals surface area contributed by atoms with Crippen molar-refractivity contribution in [2.45, 2.75) is 0 Å². The zero-order valence-corrected chi connectivity index (χ0v) is 6.70. The largest absolute Gasteiger partial charge is 0.504 e. The average molecular weight is 152 g/mol. The van der Waals surface area contributed by atoms with Gasteiger partial charge in [-0.1, -0.05) is 6.07 Å². The van der Waals surface area contributed by atoms with Gasteiger partial charge < -0.3 is 15.7 Å². The molecule has 0 fully saturated rings. The third-order valence-corrected chi connectivity index (χ3v) is 1.53. The molecule has 3 nitrogen and oxygen atoms in total. The molecule has 0 aliphatic heterocycles. The number of nitrogen functional groups attached to an aromatic ring is 1. The molecule has 1 aromatic carbocycles. The van der Waals surface area contributed by atoms with E-state index in [0.29, 0.717) is 5.69 Å². The van der Waals surface area contributed by atoms with Crippen molar-refractivity contribution in [3.05, 3.63) is 18.2 Å². The van der Waals surface area contributed by atoms with Gasteiger partial charge in [-0.25, -0.2) is 0 Å². The zero-order chi connectivity index (χ0) is 8.43. The van der Waals surface area contributed by atoms with Gasteiger partial charge in [0.05, 0.1) is 11.4 Å². The molecule has 0 spiro atoms. The lowest BCUT2D eigenvalue weighted by Crippen LogP contribution is -2.09. The highest BCUT2D eigenvalue weighted by Gasteiger charge is 2.04. The van der Waals surface area contributed by atoms with E-state index in [1.807, 2.05) is 31.1 Å². The van der Waals surface area contributed by atoms with E-state index in [1.54, 1.807) is 6.07 Å². The lowest BCUT2D eigenvalue weighted by Gasteiger charge is -2.14. The van der Waals surface area contributed by atoms with Crippen LogP contribution in [0.25, 0.3) is 0 Å². The molecule has 0 atom stereocenters. The maximum atomic E-state index is 9.40. The van der Waals surface area contributed by atoms with Gasteiger partial charge in [-0.2, -0.15) is 0 Å². The fraction of sp³-hybridized carbons (Fsp3) is 0.250. The van der Waals surface area contributed by atoms with Crippen molar-refractivity contribution in [1.29, 1.82) is 0 Å². The van der Waals surface area contributed by atoms with Crippen molar-refractivity contribution in [2.75, 3.05) is 24.7 Å². The molecule has 0 amide bonds. The molecule has 3 N–H and O–H groups in total. The van der Waals surface area contributed by atoms with Gasteiger partial charge in [-0.05, 0) is 12.1 Å². The summed E-state index contributed by atoms with van der Waals surface area (Å²) in [7, 11) is 3.71. The first-order valence-electron chi connectivity index (χ1n) is 3.37. The number of phenols is 1. The molecule has 11 heavy (non-hydrogen) atoms. The van der Waals surface area contributed by atoms with E-state index in [0.717, 1.165) is 5.69 Å². The molecule has 0 aliphatic rings. The topological polar surface area (TPSA) is 49.5 Å². The number of nitrogens with zero attached hydrogens (tertiary/aromatic N) is 1. The molecule has 0 aliphatic carbocycles. The van der Waals surface area contributed by atoms with Crippen LogP contribution in [0.1, 0.15) is 0 Å². The second kappa shape index (κ2) is 2.70. The smallest absolute Gasteiger partial charge is 0.162 e. The van der Waals surface area contributed by atoms with Gasteiger partial charge in [0.15, 0.2) is 5.75 Å². The normalized spacial score (nSPS) is 9.64. The Labute approximate surface area is 66.1 Å². The number of hydrogen-bond donors (Lipinski definition) is 2. The minimum atomic E-state index is 0.150. The quantitative estimate of drug-likeness (QED) is 0.467. The summed E-state index contributed by atoms with van der Waals surface area (Å²) in [5.41, 5.74) is 6.64. The summed E-state index contributed by atoms with van der Waals surface area (Å²) < 4.78 is 0. The summed E-state index contributed by atoms with van der Waals surface area (Å²) in [4.78, 5) is 1.81. The monoisotopic (exact) mass is 152 g/mol. The van der Waals surface area contributed by atoms with Crippen molar-refractivity contribution >= 4 is 11.4 Å². The van der Waals surface area contributed by atoms with Gasteiger partial charge in [0, 0.05) is 14.1 Å². The molecule has 0 heterocycles. The second-order valence-corrected chi connectivity index (χ2v) is 2.61. The Morgan fingerprint density at radius 3 is 2.45 bits per heavy atom. The van der Waals surface area contributed by atoms with E-state index in [2.05, 4.69) is 0 Å².